The molecule has 0 radical (unpaired) electrons. The van der Waals surface area contributed by atoms with Crippen LogP contribution in [0.3, 0.4) is 0 Å². The smallest absolute Gasteiger partial charge is 0.340 e. The minimum atomic E-state index is -0.720. The molecule has 0 atom stereocenters. The average molecular weight is 401 g/mol. The molecule has 0 saturated carbocycles. The van der Waals surface area contributed by atoms with Gasteiger partial charge in [-0.05, 0) is 32.9 Å². The number of methoxy groups -OCH3 is 1. The second kappa shape index (κ2) is 9.54. The predicted molar refractivity (Wildman–Crippen MR) is 105 cm³/mol. The monoisotopic (exact) mass is 401 g/mol. The Bertz CT molecular complexity index is 933. The van der Waals surface area contributed by atoms with Gasteiger partial charge in [-0.15, -0.1) is 0 Å². The lowest BCUT2D eigenvalue weighted by molar-refractivity contribution is -0.145. The standard InChI is InChI=1S/C20H23N3O6/c1-5-29-16(25)11-15(24)22-23-12(2)17(18(13(23)3)20(27)28-4)19(26)21-14-9-7-6-8-10-14/h6-10H,5,11H2,1-4H3,(H,21,26)(H,22,24). The topological polar surface area (TPSA) is 116 Å². The Morgan fingerprint density at radius 1 is 1.00 bits per heavy atom. The normalized spacial score (nSPS) is 10.2. The van der Waals surface area contributed by atoms with Gasteiger partial charge in [0.05, 0.1) is 36.2 Å². The summed E-state index contributed by atoms with van der Waals surface area (Å²) in [7, 11) is 1.20. The second-order valence-electron chi connectivity index (χ2n) is 6.08. The first-order valence-corrected chi connectivity index (χ1v) is 8.92. The number of nitrogens with zero attached hydrogens (tertiary/aromatic N) is 1. The number of nitrogens with one attached hydrogen (secondary N) is 2. The SMILES string of the molecule is CCOC(=O)CC(=O)Nn1c(C)c(C(=O)Nc2ccccc2)c(C(=O)OC)c1C. The molecule has 0 bridgehead atoms. The molecular formula is C20H23N3O6. The molecule has 154 valence electrons. The number of benzene rings is 1. The van der Waals surface area contributed by atoms with Gasteiger partial charge in [0, 0.05) is 5.69 Å². The van der Waals surface area contributed by atoms with E-state index in [0.29, 0.717) is 17.1 Å². The van der Waals surface area contributed by atoms with Crippen LogP contribution >= 0.6 is 0 Å². The third-order valence-corrected chi connectivity index (χ3v) is 4.14. The first kappa shape index (κ1) is 21.7. The van der Waals surface area contributed by atoms with E-state index in [9.17, 15) is 19.2 Å². The van der Waals surface area contributed by atoms with Crippen LogP contribution in [0.5, 0.6) is 0 Å². The van der Waals surface area contributed by atoms with E-state index in [1.807, 2.05) is 0 Å². The van der Waals surface area contributed by atoms with E-state index in [2.05, 4.69) is 10.7 Å². The number of hydrogen-bond donors (Lipinski definition) is 2. The van der Waals surface area contributed by atoms with E-state index in [0.717, 1.165) is 0 Å². The van der Waals surface area contributed by atoms with Gasteiger partial charge in [-0.2, -0.15) is 0 Å². The molecule has 1 heterocycles. The van der Waals surface area contributed by atoms with Gasteiger partial charge >= 0.3 is 11.9 Å². The molecule has 1 aromatic carbocycles. The Morgan fingerprint density at radius 3 is 2.21 bits per heavy atom. The minimum Gasteiger partial charge on any atom is -0.466 e. The van der Waals surface area contributed by atoms with Crippen molar-refractivity contribution in [2.75, 3.05) is 24.5 Å². The summed E-state index contributed by atoms with van der Waals surface area (Å²) in [6.45, 7) is 4.92. The highest BCUT2D eigenvalue weighted by Gasteiger charge is 2.29. The highest BCUT2D eigenvalue weighted by Crippen LogP contribution is 2.24. The number of hydrogen-bond acceptors (Lipinski definition) is 6. The molecule has 0 aliphatic carbocycles. The molecule has 0 saturated heterocycles. The van der Waals surface area contributed by atoms with Crippen molar-refractivity contribution < 1.29 is 28.7 Å². The van der Waals surface area contributed by atoms with E-state index < -0.39 is 30.2 Å². The number of carbonyl (C=O) groups excluding carboxylic acids is 4. The van der Waals surface area contributed by atoms with E-state index in [4.69, 9.17) is 9.47 Å². The fraction of sp³-hybridized carbons (Fsp3) is 0.300. The number of anilines is 1. The van der Waals surface area contributed by atoms with Gasteiger partial charge in [0.15, 0.2) is 0 Å². The maximum atomic E-state index is 12.9. The fourth-order valence-corrected chi connectivity index (χ4v) is 2.86. The van der Waals surface area contributed by atoms with Crippen molar-refractivity contribution in [1.82, 2.24) is 4.68 Å². The number of aromatic nitrogens is 1. The highest BCUT2D eigenvalue weighted by molar-refractivity contribution is 6.13. The van der Waals surface area contributed by atoms with Gasteiger partial charge in [-0.3, -0.25) is 24.5 Å². The van der Waals surface area contributed by atoms with Crippen molar-refractivity contribution in [3.05, 3.63) is 52.8 Å². The summed E-state index contributed by atoms with van der Waals surface area (Å²) in [6.07, 6.45) is -0.496. The number of para-hydroxylation sites is 1. The third kappa shape index (κ3) is 5.01. The maximum Gasteiger partial charge on any atom is 0.340 e. The predicted octanol–water partition coefficient (Wildman–Crippen LogP) is 2.17. The summed E-state index contributed by atoms with van der Waals surface area (Å²) in [5.74, 6) is -2.57. The summed E-state index contributed by atoms with van der Waals surface area (Å²) < 4.78 is 10.8. The van der Waals surface area contributed by atoms with Crippen LogP contribution in [0, 0.1) is 13.8 Å². The average Bonchev–Trinajstić information content (AvgIpc) is 2.93. The molecule has 29 heavy (non-hydrogen) atoms. The van der Waals surface area contributed by atoms with E-state index >= 15 is 0 Å². The van der Waals surface area contributed by atoms with Gasteiger partial charge in [0.2, 0.25) is 5.91 Å². The largest absolute Gasteiger partial charge is 0.466 e. The van der Waals surface area contributed by atoms with Crippen molar-refractivity contribution >= 4 is 29.4 Å². The van der Waals surface area contributed by atoms with Crippen molar-refractivity contribution in [2.45, 2.75) is 27.2 Å². The van der Waals surface area contributed by atoms with Gasteiger partial charge in [0.25, 0.3) is 5.91 Å². The molecular weight excluding hydrogens is 378 g/mol. The zero-order valence-electron chi connectivity index (χ0n) is 16.7. The molecule has 2 rings (SSSR count). The Balaban J connectivity index is 2.39. The summed E-state index contributed by atoms with van der Waals surface area (Å²) >= 11 is 0. The maximum absolute atomic E-state index is 12.9. The van der Waals surface area contributed by atoms with Crippen LogP contribution in [0.2, 0.25) is 0 Å². The molecule has 2 aromatic rings. The fourth-order valence-electron chi connectivity index (χ4n) is 2.86. The zero-order valence-corrected chi connectivity index (χ0v) is 16.7. The zero-order chi connectivity index (χ0) is 21.6. The first-order valence-electron chi connectivity index (χ1n) is 8.92. The van der Waals surface area contributed by atoms with Crippen molar-refractivity contribution in [2.24, 2.45) is 0 Å². The third-order valence-electron chi connectivity index (χ3n) is 4.14. The molecule has 0 fully saturated rings. The molecule has 1 aromatic heterocycles. The second-order valence-corrected chi connectivity index (χ2v) is 6.08. The van der Waals surface area contributed by atoms with Crippen LogP contribution in [0.15, 0.2) is 30.3 Å². The Labute approximate surface area is 168 Å². The molecule has 0 spiro atoms. The molecule has 9 heteroatoms. The number of rotatable bonds is 7. The van der Waals surface area contributed by atoms with Crippen LogP contribution in [0.4, 0.5) is 5.69 Å². The van der Waals surface area contributed by atoms with Gasteiger partial charge in [0.1, 0.15) is 6.42 Å². The summed E-state index contributed by atoms with van der Waals surface area (Å²) in [6, 6.07) is 8.73. The van der Waals surface area contributed by atoms with Gasteiger partial charge < -0.3 is 14.8 Å². The first-order chi connectivity index (χ1) is 13.8. The number of carbonyl (C=O) groups is 4. The van der Waals surface area contributed by atoms with E-state index in [1.54, 1.807) is 51.1 Å². The summed E-state index contributed by atoms with van der Waals surface area (Å²) in [5, 5.41) is 2.71. The van der Waals surface area contributed by atoms with Crippen LogP contribution in [0.25, 0.3) is 0 Å². The Kier molecular flexibility index (Phi) is 7.13. The van der Waals surface area contributed by atoms with Gasteiger partial charge in [-0.1, -0.05) is 18.2 Å². The summed E-state index contributed by atoms with van der Waals surface area (Å²) in [5.41, 5.74) is 3.76. The van der Waals surface area contributed by atoms with E-state index in [1.165, 1.54) is 11.8 Å². The Morgan fingerprint density at radius 2 is 1.62 bits per heavy atom. The van der Waals surface area contributed by atoms with Crippen molar-refractivity contribution in [3.63, 3.8) is 0 Å². The lowest BCUT2D eigenvalue weighted by Crippen LogP contribution is -2.27. The molecule has 0 aliphatic heterocycles. The minimum absolute atomic E-state index is 0.0230. The van der Waals surface area contributed by atoms with Crippen LogP contribution in [0.1, 0.15) is 45.4 Å². The molecule has 2 amide bonds. The number of amides is 2. The summed E-state index contributed by atoms with van der Waals surface area (Å²) in [4.78, 5) is 48.9. The lowest BCUT2D eigenvalue weighted by Gasteiger charge is -2.11. The number of ether oxygens (including phenoxy) is 2. The highest BCUT2D eigenvalue weighted by atomic mass is 16.5. The van der Waals surface area contributed by atoms with Crippen LogP contribution in [-0.4, -0.2) is 42.1 Å². The lowest BCUT2D eigenvalue weighted by atomic mass is 10.1. The number of esters is 2. The van der Waals surface area contributed by atoms with Crippen molar-refractivity contribution in [3.8, 4) is 0 Å². The quantitative estimate of drug-likeness (QED) is 0.543. The van der Waals surface area contributed by atoms with E-state index in [-0.39, 0.29) is 17.7 Å². The molecule has 0 aliphatic rings. The van der Waals surface area contributed by atoms with Crippen LogP contribution in [-0.2, 0) is 19.1 Å². The molecule has 2 N–H and O–H groups in total. The van der Waals surface area contributed by atoms with Crippen molar-refractivity contribution in [1.29, 1.82) is 0 Å². The molecule has 9 nitrogen and oxygen atoms in total. The van der Waals surface area contributed by atoms with Crippen LogP contribution < -0.4 is 10.7 Å². The molecule has 0 unspecified atom stereocenters. The van der Waals surface area contributed by atoms with Gasteiger partial charge in [-0.25, -0.2) is 4.79 Å². The Hall–Kier alpha value is -3.62.